The Bertz CT molecular complexity index is 384. The second kappa shape index (κ2) is 5.82. The van der Waals surface area contributed by atoms with Gasteiger partial charge in [0, 0.05) is 3.57 Å². The topological polar surface area (TPSA) is 12.0 Å². The van der Waals surface area contributed by atoms with Crippen molar-refractivity contribution in [2.24, 2.45) is 0 Å². The van der Waals surface area contributed by atoms with Crippen LogP contribution in [0.3, 0.4) is 0 Å². The first kappa shape index (κ1) is 12.1. The Morgan fingerprint density at radius 3 is 2.81 bits per heavy atom. The number of halogens is 1. The fourth-order valence-corrected chi connectivity index (χ4v) is 3.01. The fourth-order valence-electron chi connectivity index (χ4n) is 2.31. The lowest BCUT2D eigenvalue weighted by Crippen LogP contribution is -2.23. The number of nitrogens with one attached hydrogen (secondary N) is 1. The van der Waals surface area contributed by atoms with E-state index in [9.17, 15) is 0 Å². The molecule has 0 fully saturated rings. The molecule has 0 spiro atoms. The molecule has 0 saturated carbocycles. The Morgan fingerprint density at radius 1 is 1.38 bits per heavy atom. The summed E-state index contributed by atoms with van der Waals surface area (Å²) in [6.07, 6.45) is 6.24. The smallest absolute Gasteiger partial charge is 0.0546 e. The molecule has 2 heteroatoms. The lowest BCUT2D eigenvalue weighted by atomic mass is 9.98. The second-order valence-electron chi connectivity index (χ2n) is 4.18. The van der Waals surface area contributed by atoms with Gasteiger partial charge < -0.3 is 5.32 Å². The van der Waals surface area contributed by atoms with Crippen molar-refractivity contribution in [2.45, 2.75) is 32.2 Å². The van der Waals surface area contributed by atoms with Gasteiger partial charge >= 0.3 is 0 Å². The van der Waals surface area contributed by atoms with E-state index in [0.717, 1.165) is 6.54 Å². The quantitative estimate of drug-likeness (QED) is 0.650. The third-order valence-corrected chi connectivity index (χ3v) is 4.05. The first-order valence-electron chi connectivity index (χ1n) is 5.99. The normalized spacial score (nSPS) is 17.2. The number of benzene rings is 1. The van der Waals surface area contributed by atoms with Crippen LogP contribution in [0, 0.1) is 3.57 Å². The van der Waals surface area contributed by atoms with E-state index in [1.54, 1.807) is 5.57 Å². The number of rotatable bonds is 4. The van der Waals surface area contributed by atoms with Crippen LogP contribution >= 0.6 is 22.6 Å². The maximum atomic E-state index is 3.61. The van der Waals surface area contributed by atoms with Gasteiger partial charge in [-0.05, 0) is 60.0 Å². The predicted molar refractivity (Wildman–Crippen MR) is 77.5 cm³/mol. The third-order valence-electron chi connectivity index (χ3n) is 3.07. The highest BCUT2D eigenvalue weighted by atomic mass is 127. The minimum atomic E-state index is 0.431. The number of allylic oxidation sites excluding steroid dienone is 1. The Hall–Kier alpha value is -0.350. The number of likely N-dealkylation sites (N-methyl/N-ethyl adjacent to an activating group) is 1. The van der Waals surface area contributed by atoms with E-state index in [4.69, 9.17) is 0 Å². The van der Waals surface area contributed by atoms with Crippen LogP contribution in [-0.4, -0.2) is 6.54 Å². The van der Waals surface area contributed by atoms with Gasteiger partial charge in [-0.2, -0.15) is 0 Å². The van der Waals surface area contributed by atoms with Gasteiger partial charge in [-0.15, -0.1) is 0 Å². The van der Waals surface area contributed by atoms with Crippen LogP contribution < -0.4 is 5.32 Å². The zero-order chi connectivity index (χ0) is 11.4. The Labute approximate surface area is 111 Å². The van der Waals surface area contributed by atoms with Crippen LogP contribution in [0.1, 0.15) is 37.8 Å². The second-order valence-corrected chi connectivity index (χ2v) is 5.35. The lowest BCUT2D eigenvalue weighted by molar-refractivity contribution is 0.603. The first-order chi connectivity index (χ1) is 7.83. The van der Waals surface area contributed by atoms with Gasteiger partial charge in [0.2, 0.25) is 0 Å². The molecule has 1 N–H and O–H groups in total. The van der Waals surface area contributed by atoms with Gasteiger partial charge in [0.15, 0.2) is 0 Å². The molecule has 16 heavy (non-hydrogen) atoms. The van der Waals surface area contributed by atoms with E-state index in [-0.39, 0.29) is 0 Å². The molecule has 1 aliphatic carbocycles. The minimum Gasteiger partial charge on any atom is -0.307 e. The van der Waals surface area contributed by atoms with Crippen molar-refractivity contribution in [3.8, 4) is 0 Å². The summed E-state index contributed by atoms with van der Waals surface area (Å²) < 4.78 is 1.36. The molecule has 2 rings (SSSR count). The monoisotopic (exact) mass is 327 g/mol. The summed E-state index contributed by atoms with van der Waals surface area (Å²) in [6, 6.07) is 9.11. The fraction of sp³-hybridized carbons (Fsp3) is 0.429. The van der Waals surface area contributed by atoms with Crippen molar-refractivity contribution in [1.82, 2.24) is 5.32 Å². The standard InChI is InChI=1S/C14H18IN/c1-2-16-14(11-7-3-4-8-11)12-9-5-6-10-13(12)15/h5-7,9-10,14,16H,2-4,8H2,1H3. The van der Waals surface area contributed by atoms with Crippen molar-refractivity contribution in [3.05, 3.63) is 45.0 Å². The Morgan fingerprint density at radius 2 is 2.19 bits per heavy atom. The average Bonchev–Trinajstić information content (AvgIpc) is 2.80. The number of hydrogen-bond donors (Lipinski definition) is 1. The summed E-state index contributed by atoms with van der Waals surface area (Å²) in [5, 5.41) is 3.61. The molecule has 1 atom stereocenters. The molecule has 1 nitrogen and oxygen atoms in total. The molecule has 0 radical (unpaired) electrons. The third kappa shape index (κ3) is 2.66. The Balaban J connectivity index is 2.28. The van der Waals surface area contributed by atoms with E-state index in [0.29, 0.717) is 6.04 Å². The van der Waals surface area contributed by atoms with Crippen molar-refractivity contribution >= 4 is 22.6 Å². The van der Waals surface area contributed by atoms with Crippen LogP contribution in [0.5, 0.6) is 0 Å². The molecule has 0 heterocycles. The maximum Gasteiger partial charge on any atom is 0.0546 e. The summed E-state index contributed by atoms with van der Waals surface area (Å²) in [7, 11) is 0. The molecule has 0 saturated heterocycles. The summed E-state index contributed by atoms with van der Waals surface area (Å²) in [4.78, 5) is 0. The molecular weight excluding hydrogens is 309 g/mol. The van der Waals surface area contributed by atoms with Gasteiger partial charge in [-0.1, -0.05) is 36.8 Å². The van der Waals surface area contributed by atoms with E-state index in [2.05, 4.69) is 65.2 Å². The Kier molecular flexibility index (Phi) is 4.41. The van der Waals surface area contributed by atoms with Crippen LogP contribution in [0.25, 0.3) is 0 Å². The summed E-state index contributed by atoms with van der Waals surface area (Å²) >= 11 is 2.43. The largest absolute Gasteiger partial charge is 0.307 e. The summed E-state index contributed by atoms with van der Waals surface area (Å²) in [5.74, 6) is 0. The number of hydrogen-bond acceptors (Lipinski definition) is 1. The van der Waals surface area contributed by atoms with Gasteiger partial charge in [0.1, 0.15) is 0 Å². The molecular formula is C14H18IN. The molecule has 1 unspecified atom stereocenters. The van der Waals surface area contributed by atoms with Crippen LogP contribution in [0.15, 0.2) is 35.9 Å². The average molecular weight is 327 g/mol. The van der Waals surface area contributed by atoms with Gasteiger partial charge in [0.05, 0.1) is 6.04 Å². The molecule has 1 aromatic rings. The van der Waals surface area contributed by atoms with Crippen LogP contribution in [0.4, 0.5) is 0 Å². The molecule has 0 aliphatic heterocycles. The summed E-state index contributed by atoms with van der Waals surface area (Å²) in [6.45, 7) is 3.20. The van der Waals surface area contributed by atoms with E-state index in [1.807, 2.05) is 0 Å². The van der Waals surface area contributed by atoms with E-state index >= 15 is 0 Å². The van der Waals surface area contributed by atoms with Gasteiger partial charge in [-0.25, -0.2) is 0 Å². The highest BCUT2D eigenvalue weighted by molar-refractivity contribution is 14.1. The van der Waals surface area contributed by atoms with E-state index < -0.39 is 0 Å². The van der Waals surface area contributed by atoms with Crippen molar-refractivity contribution in [2.75, 3.05) is 6.54 Å². The zero-order valence-corrected chi connectivity index (χ0v) is 11.8. The molecule has 86 valence electrons. The maximum absolute atomic E-state index is 3.61. The van der Waals surface area contributed by atoms with Crippen molar-refractivity contribution in [1.29, 1.82) is 0 Å². The molecule has 0 amide bonds. The summed E-state index contributed by atoms with van der Waals surface area (Å²) in [5.41, 5.74) is 3.00. The van der Waals surface area contributed by atoms with Crippen molar-refractivity contribution < 1.29 is 0 Å². The highest BCUT2D eigenvalue weighted by Gasteiger charge is 2.19. The van der Waals surface area contributed by atoms with Crippen LogP contribution in [-0.2, 0) is 0 Å². The van der Waals surface area contributed by atoms with Gasteiger partial charge in [0.25, 0.3) is 0 Å². The molecule has 1 aromatic carbocycles. The first-order valence-corrected chi connectivity index (χ1v) is 7.07. The SMILES string of the molecule is CCNC(C1=CCCC1)c1ccccc1I. The van der Waals surface area contributed by atoms with Crippen LogP contribution in [0.2, 0.25) is 0 Å². The highest BCUT2D eigenvalue weighted by Crippen LogP contribution is 2.32. The predicted octanol–water partition coefficient (Wildman–Crippen LogP) is 4.05. The van der Waals surface area contributed by atoms with Gasteiger partial charge in [-0.3, -0.25) is 0 Å². The molecule has 1 aliphatic rings. The lowest BCUT2D eigenvalue weighted by Gasteiger charge is -2.21. The van der Waals surface area contributed by atoms with E-state index in [1.165, 1.54) is 28.4 Å². The minimum absolute atomic E-state index is 0.431. The zero-order valence-electron chi connectivity index (χ0n) is 9.67. The molecule has 0 aromatic heterocycles. The molecule has 0 bridgehead atoms. The van der Waals surface area contributed by atoms with Crippen molar-refractivity contribution in [3.63, 3.8) is 0 Å².